The van der Waals surface area contributed by atoms with Gasteiger partial charge in [-0.05, 0) is 45.2 Å². The van der Waals surface area contributed by atoms with E-state index in [-0.39, 0.29) is 5.91 Å². The zero-order valence-corrected chi connectivity index (χ0v) is 13.1. The average molecular weight is 300 g/mol. The summed E-state index contributed by atoms with van der Waals surface area (Å²) in [6.07, 6.45) is 4.30. The SMILES string of the molecule is CCCC1(C(=O)NC(CCCOC)C(=O)O)CCNCC1. The molecule has 3 N–H and O–H groups in total. The largest absolute Gasteiger partial charge is 0.480 e. The maximum atomic E-state index is 12.6. The summed E-state index contributed by atoms with van der Waals surface area (Å²) >= 11 is 0. The molecular weight excluding hydrogens is 272 g/mol. The second-order valence-electron chi connectivity index (χ2n) is 5.78. The van der Waals surface area contributed by atoms with Crippen LogP contribution >= 0.6 is 0 Å². The molecule has 1 unspecified atom stereocenters. The van der Waals surface area contributed by atoms with Crippen molar-refractivity contribution in [1.82, 2.24) is 10.6 Å². The summed E-state index contributed by atoms with van der Waals surface area (Å²) in [6.45, 7) is 4.19. The van der Waals surface area contributed by atoms with Crippen molar-refractivity contribution in [1.29, 1.82) is 0 Å². The van der Waals surface area contributed by atoms with Crippen molar-refractivity contribution in [3.8, 4) is 0 Å². The van der Waals surface area contributed by atoms with Gasteiger partial charge in [-0.1, -0.05) is 13.3 Å². The number of nitrogens with one attached hydrogen (secondary N) is 2. The van der Waals surface area contributed by atoms with Gasteiger partial charge < -0.3 is 20.5 Å². The van der Waals surface area contributed by atoms with Crippen LogP contribution in [-0.2, 0) is 14.3 Å². The topological polar surface area (TPSA) is 87.7 Å². The molecular formula is C15H28N2O4. The fraction of sp³-hybridized carbons (Fsp3) is 0.867. The Balaban J connectivity index is 2.66. The lowest BCUT2D eigenvalue weighted by atomic mass is 9.74. The second-order valence-corrected chi connectivity index (χ2v) is 5.78. The number of piperidine rings is 1. The number of carbonyl (C=O) groups is 2. The molecule has 6 heteroatoms. The molecule has 0 bridgehead atoms. The number of amides is 1. The molecule has 6 nitrogen and oxygen atoms in total. The van der Waals surface area contributed by atoms with Crippen LogP contribution in [0, 0.1) is 5.41 Å². The Morgan fingerprint density at radius 2 is 2.05 bits per heavy atom. The molecule has 0 saturated carbocycles. The van der Waals surface area contributed by atoms with Gasteiger partial charge in [-0.3, -0.25) is 4.79 Å². The summed E-state index contributed by atoms with van der Waals surface area (Å²) in [4.78, 5) is 23.9. The molecule has 122 valence electrons. The second kappa shape index (κ2) is 9.00. The van der Waals surface area contributed by atoms with Crippen LogP contribution in [0.25, 0.3) is 0 Å². The number of carbonyl (C=O) groups excluding carboxylic acids is 1. The van der Waals surface area contributed by atoms with Crippen LogP contribution < -0.4 is 10.6 Å². The van der Waals surface area contributed by atoms with Crippen molar-refractivity contribution >= 4 is 11.9 Å². The van der Waals surface area contributed by atoms with Gasteiger partial charge in [-0.2, -0.15) is 0 Å². The van der Waals surface area contributed by atoms with Crippen molar-refractivity contribution in [3.63, 3.8) is 0 Å². The fourth-order valence-electron chi connectivity index (χ4n) is 2.97. The van der Waals surface area contributed by atoms with Crippen molar-refractivity contribution < 1.29 is 19.4 Å². The van der Waals surface area contributed by atoms with Crippen LogP contribution in [0.4, 0.5) is 0 Å². The summed E-state index contributed by atoms with van der Waals surface area (Å²) in [5, 5.41) is 15.3. The molecule has 1 aliphatic rings. The number of ether oxygens (including phenoxy) is 1. The lowest BCUT2D eigenvalue weighted by molar-refractivity contribution is -0.145. The predicted molar refractivity (Wildman–Crippen MR) is 80.1 cm³/mol. The third kappa shape index (κ3) is 5.28. The van der Waals surface area contributed by atoms with Gasteiger partial charge in [-0.15, -0.1) is 0 Å². The van der Waals surface area contributed by atoms with Gasteiger partial charge in [0.15, 0.2) is 0 Å². The van der Waals surface area contributed by atoms with E-state index in [1.165, 1.54) is 0 Å². The van der Waals surface area contributed by atoms with Crippen LogP contribution in [0.2, 0.25) is 0 Å². The van der Waals surface area contributed by atoms with Crippen LogP contribution in [0.3, 0.4) is 0 Å². The van der Waals surface area contributed by atoms with Gasteiger partial charge in [0, 0.05) is 13.7 Å². The Morgan fingerprint density at radius 1 is 1.38 bits per heavy atom. The third-order valence-electron chi connectivity index (χ3n) is 4.22. The quantitative estimate of drug-likeness (QED) is 0.556. The highest BCUT2D eigenvalue weighted by atomic mass is 16.5. The van der Waals surface area contributed by atoms with Gasteiger partial charge >= 0.3 is 5.97 Å². The van der Waals surface area contributed by atoms with Crippen LogP contribution in [0.5, 0.6) is 0 Å². The zero-order valence-electron chi connectivity index (χ0n) is 13.1. The lowest BCUT2D eigenvalue weighted by Crippen LogP contribution is -2.52. The first-order valence-corrected chi connectivity index (χ1v) is 7.79. The van der Waals surface area contributed by atoms with E-state index < -0.39 is 17.4 Å². The minimum atomic E-state index is -0.972. The molecule has 0 radical (unpaired) electrons. The molecule has 1 heterocycles. The first-order valence-electron chi connectivity index (χ1n) is 7.79. The van der Waals surface area contributed by atoms with E-state index in [4.69, 9.17) is 4.74 Å². The smallest absolute Gasteiger partial charge is 0.326 e. The molecule has 0 aromatic heterocycles. The molecule has 1 fully saturated rings. The average Bonchev–Trinajstić information content (AvgIpc) is 2.47. The van der Waals surface area contributed by atoms with E-state index in [2.05, 4.69) is 17.6 Å². The number of carboxylic acids is 1. The highest BCUT2D eigenvalue weighted by Crippen LogP contribution is 2.34. The number of rotatable bonds is 9. The van der Waals surface area contributed by atoms with Gasteiger partial charge in [0.05, 0.1) is 5.41 Å². The number of carboxylic acid groups (broad SMARTS) is 1. The van der Waals surface area contributed by atoms with Crippen molar-refractivity contribution in [2.24, 2.45) is 5.41 Å². The highest BCUT2D eigenvalue weighted by molar-refractivity contribution is 5.87. The van der Waals surface area contributed by atoms with Gasteiger partial charge in [0.2, 0.25) is 5.91 Å². The Bertz CT molecular complexity index is 335. The molecule has 1 saturated heterocycles. The first kappa shape index (κ1) is 17.9. The Hall–Kier alpha value is -1.14. The molecule has 0 aromatic carbocycles. The molecule has 1 rings (SSSR count). The minimum absolute atomic E-state index is 0.101. The number of methoxy groups -OCH3 is 1. The van der Waals surface area contributed by atoms with E-state index in [9.17, 15) is 14.7 Å². The monoisotopic (exact) mass is 300 g/mol. The van der Waals surface area contributed by atoms with E-state index in [1.54, 1.807) is 7.11 Å². The zero-order chi connectivity index (χ0) is 15.7. The van der Waals surface area contributed by atoms with Crippen LogP contribution in [0.1, 0.15) is 45.4 Å². The van der Waals surface area contributed by atoms with Crippen molar-refractivity contribution in [2.45, 2.75) is 51.5 Å². The Labute approximate surface area is 126 Å². The molecule has 0 spiro atoms. The molecule has 1 atom stereocenters. The van der Waals surface area contributed by atoms with Gasteiger partial charge in [0.25, 0.3) is 0 Å². The van der Waals surface area contributed by atoms with Gasteiger partial charge in [0.1, 0.15) is 6.04 Å². The summed E-state index contributed by atoms with van der Waals surface area (Å²) in [5.41, 5.74) is -0.408. The minimum Gasteiger partial charge on any atom is -0.480 e. The van der Waals surface area contributed by atoms with E-state index >= 15 is 0 Å². The predicted octanol–water partition coefficient (Wildman–Crippen LogP) is 1.15. The molecule has 0 aromatic rings. The fourth-order valence-corrected chi connectivity index (χ4v) is 2.97. The normalized spacial score (nSPS) is 19.0. The third-order valence-corrected chi connectivity index (χ3v) is 4.22. The number of hydrogen-bond acceptors (Lipinski definition) is 4. The molecule has 21 heavy (non-hydrogen) atoms. The van der Waals surface area contributed by atoms with E-state index in [1.807, 2.05) is 0 Å². The summed E-state index contributed by atoms with van der Waals surface area (Å²) in [5.74, 6) is -1.07. The number of hydrogen-bond donors (Lipinski definition) is 3. The molecule has 1 amide bonds. The summed E-state index contributed by atoms with van der Waals surface area (Å²) < 4.78 is 4.94. The van der Waals surface area contributed by atoms with Gasteiger partial charge in [-0.25, -0.2) is 4.79 Å². The van der Waals surface area contributed by atoms with Crippen LogP contribution in [0.15, 0.2) is 0 Å². The Kier molecular flexibility index (Phi) is 7.67. The van der Waals surface area contributed by atoms with E-state index in [0.29, 0.717) is 19.4 Å². The molecule has 1 aliphatic heterocycles. The molecule has 0 aliphatic carbocycles. The number of aliphatic carboxylic acids is 1. The lowest BCUT2D eigenvalue weighted by Gasteiger charge is -2.37. The van der Waals surface area contributed by atoms with Crippen molar-refractivity contribution in [3.05, 3.63) is 0 Å². The highest BCUT2D eigenvalue weighted by Gasteiger charge is 2.39. The van der Waals surface area contributed by atoms with E-state index in [0.717, 1.165) is 38.8 Å². The summed E-state index contributed by atoms with van der Waals surface area (Å²) in [7, 11) is 1.58. The first-order chi connectivity index (χ1) is 10.1. The van der Waals surface area contributed by atoms with Crippen molar-refractivity contribution in [2.75, 3.05) is 26.8 Å². The Morgan fingerprint density at radius 3 is 2.57 bits per heavy atom. The summed E-state index contributed by atoms with van der Waals surface area (Å²) in [6, 6.07) is -0.823. The maximum absolute atomic E-state index is 12.6. The standard InChI is InChI=1S/C15H28N2O4/c1-3-6-15(7-9-16-10-8-15)14(20)17-12(13(18)19)5-4-11-21-2/h12,16H,3-11H2,1-2H3,(H,17,20)(H,18,19). The maximum Gasteiger partial charge on any atom is 0.326 e. The van der Waals surface area contributed by atoms with Crippen LogP contribution in [-0.4, -0.2) is 49.8 Å².